The average Bonchev–Trinajstić information content (AvgIpc) is 3.24. The molecule has 0 spiro atoms. The molecule has 0 radical (unpaired) electrons. The maximum atomic E-state index is 13.8. The Labute approximate surface area is 240 Å². The predicted octanol–water partition coefficient (Wildman–Crippen LogP) is 7.33. The molecule has 0 atom stereocenters. The van der Waals surface area contributed by atoms with Crippen LogP contribution < -0.4 is 5.32 Å². The quantitative estimate of drug-likeness (QED) is 0.212. The zero-order valence-electron chi connectivity index (χ0n) is 22.5. The lowest BCUT2D eigenvalue weighted by atomic mass is 10.0. The number of nitrogens with zero attached hydrogens (tertiary/aromatic N) is 2. The number of carbonyl (C=O) groups excluding carboxylic acids is 3. The molecule has 1 N–H and O–H groups in total. The lowest BCUT2D eigenvalue weighted by Crippen LogP contribution is -2.30. The Balaban J connectivity index is 1.81. The Hall–Kier alpha value is -3.56. The number of carbonyl (C=O) groups is 3. The first kappa shape index (κ1) is 28.4. The minimum absolute atomic E-state index is 0.187. The van der Waals surface area contributed by atoms with Crippen molar-refractivity contribution in [3.63, 3.8) is 0 Å². The third kappa shape index (κ3) is 6.04. The molecule has 4 rings (SSSR count). The van der Waals surface area contributed by atoms with Crippen molar-refractivity contribution in [1.29, 1.82) is 0 Å². The Kier molecular flexibility index (Phi) is 8.82. The number of nitrogens with one attached hydrogen (secondary N) is 1. The highest BCUT2D eigenvalue weighted by molar-refractivity contribution is 9.10. The first-order chi connectivity index (χ1) is 18.6. The second-order valence-corrected chi connectivity index (χ2v) is 11.2. The van der Waals surface area contributed by atoms with Crippen LogP contribution in [0.2, 0.25) is 0 Å². The van der Waals surface area contributed by atoms with E-state index in [2.05, 4.69) is 21.2 Å². The summed E-state index contributed by atoms with van der Waals surface area (Å²) in [6, 6.07) is 16.9. The van der Waals surface area contributed by atoms with Crippen LogP contribution in [0.5, 0.6) is 0 Å². The fourth-order valence-corrected chi connectivity index (χ4v) is 5.70. The number of pyridine rings is 1. The number of hydrogen-bond donors (Lipinski definition) is 1. The summed E-state index contributed by atoms with van der Waals surface area (Å²) in [5, 5.41) is 3.88. The summed E-state index contributed by atoms with van der Waals surface area (Å²) in [5.74, 6) is -1.18. The molecule has 7 nitrogen and oxygen atoms in total. The van der Waals surface area contributed by atoms with Crippen molar-refractivity contribution < 1.29 is 19.1 Å². The molecule has 2 aromatic carbocycles. The number of fused-ring (bicyclic) bond motifs is 1. The van der Waals surface area contributed by atoms with Crippen LogP contribution in [0.25, 0.3) is 22.2 Å². The maximum absolute atomic E-state index is 13.8. The summed E-state index contributed by atoms with van der Waals surface area (Å²) < 4.78 is 6.42. The number of halogens is 1. The van der Waals surface area contributed by atoms with E-state index in [-0.39, 0.29) is 22.6 Å². The number of benzene rings is 2. The Morgan fingerprint density at radius 2 is 1.72 bits per heavy atom. The SMILES string of the molecule is CCN(CC)C(=O)c1sc(NC(=O)c2cc(-c3ccc(Br)cc3)nc3ccccc23)c(C(=O)OC(C)C)c1C. The summed E-state index contributed by atoms with van der Waals surface area (Å²) in [6.07, 6.45) is -0.361. The fraction of sp³-hybridized carbons (Fsp3) is 0.267. The minimum atomic E-state index is -0.581. The van der Waals surface area contributed by atoms with Gasteiger partial charge in [0.1, 0.15) is 5.00 Å². The molecule has 0 bridgehead atoms. The van der Waals surface area contributed by atoms with Crippen molar-refractivity contribution in [2.24, 2.45) is 0 Å². The number of amides is 2. The van der Waals surface area contributed by atoms with Gasteiger partial charge < -0.3 is 15.0 Å². The molecule has 202 valence electrons. The molecule has 9 heteroatoms. The number of rotatable bonds is 8. The highest BCUT2D eigenvalue weighted by Crippen LogP contribution is 2.36. The fourth-order valence-electron chi connectivity index (χ4n) is 4.28. The summed E-state index contributed by atoms with van der Waals surface area (Å²) in [6.45, 7) is 10.1. The molecule has 0 saturated heterocycles. The molecular formula is C30H30BrN3O4S. The highest BCUT2D eigenvalue weighted by atomic mass is 79.9. The second-order valence-electron chi connectivity index (χ2n) is 9.23. The Morgan fingerprint density at radius 1 is 1.05 bits per heavy atom. The summed E-state index contributed by atoms with van der Waals surface area (Å²) >= 11 is 4.55. The largest absolute Gasteiger partial charge is 0.459 e. The van der Waals surface area contributed by atoms with E-state index in [0.29, 0.717) is 45.7 Å². The van der Waals surface area contributed by atoms with Crippen LogP contribution in [0.15, 0.2) is 59.1 Å². The Bertz CT molecular complexity index is 1540. The topological polar surface area (TPSA) is 88.6 Å². The van der Waals surface area contributed by atoms with Crippen LogP contribution >= 0.6 is 27.3 Å². The van der Waals surface area contributed by atoms with Gasteiger partial charge in [0.2, 0.25) is 0 Å². The molecule has 4 aromatic rings. The first-order valence-corrected chi connectivity index (χ1v) is 14.4. The van der Waals surface area contributed by atoms with Gasteiger partial charge in [0.15, 0.2) is 0 Å². The number of ether oxygens (including phenoxy) is 1. The Morgan fingerprint density at radius 3 is 2.36 bits per heavy atom. The van der Waals surface area contributed by atoms with Gasteiger partial charge in [-0.1, -0.05) is 46.3 Å². The summed E-state index contributed by atoms with van der Waals surface area (Å²) in [4.78, 5) is 47.1. The minimum Gasteiger partial charge on any atom is -0.459 e. The van der Waals surface area contributed by atoms with Crippen LogP contribution in [-0.2, 0) is 4.74 Å². The summed E-state index contributed by atoms with van der Waals surface area (Å²) in [7, 11) is 0. The summed E-state index contributed by atoms with van der Waals surface area (Å²) in [5.41, 5.74) is 3.27. The van der Waals surface area contributed by atoms with E-state index in [1.165, 1.54) is 0 Å². The predicted molar refractivity (Wildman–Crippen MR) is 160 cm³/mol. The molecule has 2 amide bonds. The maximum Gasteiger partial charge on any atom is 0.341 e. The van der Waals surface area contributed by atoms with Crippen LogP contribution in [0.1, 0.15) is 63.6 Å². The van der Waals surface area contributed by atoms with Gasteiger partial charge in [-0.25, -0.2) is 9.78 Å². The highest BCUT2D eigenvalue weighted by Gasteiger charge is 2.29. The van der Waals surface area contributed by atoms with E-state index < -0.39 is 11.9 Å². The van der Waals surface area contributed by atoms with E-state index in [0.717, 1.165) is 21.4 Å². The zero-order chi connectivity index (χ0) is 28.3. The number of esters is 1. The van der Waals surface area contributed by atoms with Gasteiger partial charge >= 0.3 is 5.97 Å². The number of thiophene rings is 1. The van der Waals surface area contributed by atoms with Gasteiger partial charge in [-0.05, 0) is 64.4 Å². The molecule has 0 saturated carbocycles. The van der Waals surface area contributed by atoms with Crippen molar-refractivity contribution in [3.8, 4) is 11.3 Å². The smallest absolute Gasteiger partial charge is 0.341 e. The van der Waals surface area contributed by atoms with Crippen molar-refractivity contribution in [2.75, 3.05) is 18.4 Å². The van der Waals surface area contributed by atoms with E-state index in [9.17, 15) is 14.4 Å². The van der Waals surface area contributed by atoms with Gasteiger partial charge in [0, 0.05) is 28.5 Å². The van der Waals surface area contributed by atoms with Crippen LogP contribution in [0.3, 0.4) is 0 Å². The standard InChI is InChI=1S/C30H30BrN3O4S/c1-6-34(7-2)29(36)26-18(5)25(30(37)38-17(3)4)28(39-26)33-27(35)22-16-24(19-12-14-20(31)15-13-19)32-23-11-9-8-10-21(22)23/h8-17H,6-7H2,1-5H3,(H,33,35). The lowest BCUT2D eigenvalue weighted by molar-refractivity contribution is 0.0379. The van der Waals surface area contributed by atoms with Crippen LogP contribution in [0.4, 0.5) is 5.00 Å². The van der Waals surface area contributed by atoms with Gasteiger partial charge in [-0.15, -0.1) is 11.3 Å². The van der Waals surface area contributed by atoms with Crippen molar-refractivity contribution >= 4 is 61.0 Å². The van der Waals surface area contributed by atoms with Gasteiger partial charge in [-0.3, -0.25) is 9.59 Å². The average molecular weight is 609 g/mol. The molecule has 0 fully saturated rings. The normalized spacial score (nSPS) is 11.1. The van der Waals surface area contributed by atoms with Crippen molar-refractivity contribution in [1.82, 2.24) is 9.88 Å². The number of para-hydroxylation sites is 1. The molecule has 2 heterocycles. The van der Waals surface area contributed by atoms with Gasteiger partial charge in [-0.2, -0.15) is 0 Å². The molecule has 2 aromatic heterocycles. The lowest BCUT2D eigenvalue weighted by Gasteiger charge is -2.18. The van der Waals surface area contributed by atoms with Crippen LogP contribution in [-0.4, -0.2) is 46.9 Å². The molecule has 0 unspecified atom stereocenters. The van der Waals surface area contributed by atoms with Gasteiger partial charge in [0.05, 0.1) is 33.3 Å². The van der Waals surface area contributed by atoms with Crippen molar-refractivity contribution in [3.05, 3.63) is 80.6 Å². The van der Waals surface area contributed by atoms with E-state index in [1.54, 1.807) is 31.7 Å². The molecule has 0 aliphatic carbocycles. The van der Waals surface area contributed by atoms with E-state index >= 15 is 0 Å². The monoisotopic (exact) mass is 607 g/mol. The number of aromatic nitrogens is 1. The third-order valence-corrected chi connectivity index (χ3v) is 7.99. The van der Waals surface area contributed by atoms with Gasteiger partial charge in [0.25, 0.3) is 11.8 Å². The number of hydrogen-bond acceptors (Lipinski definition) is 6. The molecular weight excluding hydrogens is 578 g/mol. The number of anilines is 1. The van der Waals surface area contributed by atoms with E-state index in [4.69, 9.17) is 9.72 Å². The van der Waals surface area contributed by atoms with Crippen molar-refractivity contribution in [2.45, 2.75) is 40.7 Å². The first-order valence-electron chi connectivity index (χ1n) is 12.7. The molecule has 0 aliphatic heterocycles. The van der Waals surface area contributed by atoms with E-state index in [1.807, 2.05) is 62.4 Å². The third-order valence-electron chi connectivity index (χ3n) is 6.27. The molecule has 0 aliphatic rings. The van der Waals surface area contributed by atoms with Crippen LogP contribution in [0, 0.1) is 6.92 Å². The molecule has 39 heavy (non-hydrogen) atoms. The zero-order valence-corrected chi connectivity index (χ0v) is 24.9. The second kappa shape index (κ2) is 12.1.